The summed E-state index contributed by atoms with van der Waals surface area (Å²) in [4.78, 5) is 38.5. The van der Waals surface area contributed by atoms with E-state index in [-0.39, 0.29) is 31.1 Å². The van der Waals surface area contributed by atoms with Crippen LogP contribution in [0.5, 0.6) is 0 Å². The summed E-state index contributed by atoms with van der Waals surface area (Å²) in [6, 6.07) is 0. The molecule has 0 N–H and O–H groups in total. The Balaban J connectivity index is 4.51. The fourth-order valence-corrected chi connectivity index (χ4v) is 8.78. The molecule has 0 aromatic heterocycles. The summed E-state index contributed by atoms with van der Waals surface area (Å²) in [6.07, 6.45) is 102. The molecule has 0 spiro atoms. The van der Waals surface area contributed by atoms with Gasteiger partial charge in [-0.05, 0) is 148 Å². The largest absolute Gasteiger partial charge is 0.462 e. The summed E-state index contributed by atoms with van der Waals surface area (Å²) in [5.41, 5.74) is 0. The van der Waals surface area contributed by atoms with Crippen LogP contribution in [0.2, 0.25) is 0 Å². The third-order valence-electron chi connectivity index (χ3n) is 13.7. The van der Waals surface area contributed by atoms with Gasteiger partial charge in [-0.3, -0.25) is 14.4 Å². The van der Waals surface area contributed by atoms with Crippen LogP contribution in [0.15, 0.2) is 170 Å². The molecule has 6 nitrogen and oxygen atoms in total. The van der Waals surface area contributed by atoms with E-state index >= 15 is 0 Å². The lowest BCUT2D eigenvalue weighted by molar-refractivity contribution is -0.167. The summed E-state index contributed by atoms with van der Waals surface area (Å²) in [5, 5.41) is 0. The first-order valence-electron chi connectivity index (χ1n) is 33.6. The van der Waals surface area contributed by atoms with Crippen molar-refractivity contribution < 1.29 is 28.6 Å². The summed E-state index contributed by atoms with van der Waals surface area (Å²) >= 11 is 0. The van der Waals surface area contributed by atoms with Crippen LogP contribution in [0.4, 0.5) is 0 Å². The molecule has 0 rings (SSSR count). The van der Waals surface area contributed by atoms with E-state index in [0.29, 0.717) is 19.3 Å². The zero-order valence-corrected chi connectivity index (χ0v) is 53.4. The monoisotopic (exact) mass is 1140 g/mol. The molecule has 0 radical (unpaired) electrons. The molecule has 1 unspecified atom stereocenters. The van der Waals surface area contributed by atoms with Gasteiger partial charge in [0.25, 0.3) is 0 Å². The lowest BCUT2D eigenvalue weighted by Crippen LogP contribution is -2.30. The summed E-state index contributed by atoms with van der Waals surface area (Å²) < 4.78 is 17.0. The van der Waals surface area contributed by atoms with Gasteiger partial charge in [-0.2, -0.15) is 0 Å². The van der Waals surface area contributed by atoms with Crippen LogP contribution >= 0.6 is 0 Å². The molecule has 0 amide bonds. The van der Waals surface area contributed by atoms with E-state index in [9.17, 15) is 14.4 Å². The van der Waals surface area contributed by atoms with Gasteiger partial charge in [-0.1, -0.05) is 281 Å². The number of carbonyl (C=O) groups is 3. The Labute approximate surface area is 511 Å². The standard InChI is InChI=1S/C77H122O6/c1-4-7-10-13-16-19-22-25-28-31-34-37-38-41-43-46-49-52-55-58-61-64-67-70-76(79)82-73-74(83-77(80)71-68-65-62-59-56-53-50-47-44-40-36-33-30-27-24-21-18-15-12-9-6-3)72-81-75(78)69-66-63-60-57-54-51-48-45-42-39-35-32-29-26-23-20-17-14-11-8-5-2/h7-12,16-21,25-30,34-37,39-41,43,49,52,74H,4-6,13-15,22-24,31-33,38,42,44-48,50-51,53-73H2,1-3H3/b10-7-,11-8-,12-9-,19-16-,20-17-,21-18-,28-25-,29-26-,30-27-,37-34-,39-35-,40-36-,43-41-,52-49-. The Bertz CT molecular complexity index is 1890. The molecule has 0 aliphatic rings. The summed E-state index contributed by atoms with van der Waals surface area (Å²) in [5.74, 6) is -0.943. The normalized spacial score (nSPS) is 13.2. The fourth-order valence-electron chi connectivity index (χ4n) is 8.78. The molecular weight excluding hydrogens is 1020 g/mol. The first kappa shape index (κ1) is 77.8. The van der Waals surface area contributed by atoms with Gasteiger partial charge in [0.1, 0.15) is 13.2 Å². The van der Waals surface area contributed by atoms with Crippen molar-refractivity contribution in [3.05, 3.63) is 170 Å². The van der Waals surface area contributed by atoms with E-state index in [1.807, 2.05) is 0 Å². The molecule has 0 aromatic rings. The maximum atomic E-state index is 13.0. The van der Waals surface area contributed by atoms with Gasteiger partial charge in [0.2, 0.25) is 0 Å². The van der Waals surface area contributed by atoms with Crippen LogP contribution in [0.1, 0.15) is 278 Å². The number of ether oxygens (including phenoxy) is 3. The predicted octanol–water partition coefficient (Wildman–Crippen LogP) is 23.4. The minimum Gasteiger partial charge on any atom is -0.462 e. The average molecular weight is 1140 g/mol. The summed E-state index contributed by atoms with van der Waals surface area (Å²) in [7, 11) is 0. The zero-order valence-electron chi connectivity index (χ0n) is 53.4. The first-order chi connectivity index (χ1) is 41.0. The molecule has 0 aliphatic heterocycles. The molecule has 0 aliphatic carbocycles. The van der Waals surface area contributed by atoms with Crippen LogP contribution < -0.4 is 0 Å². The Morgan fingerprint density at radius 3 is 0.675 bits per heavy atom. The molecule has 466 valence electrons. The molecule has 0 heterocycles. The van der Waals surface area contributed by atoms with Crippen molar-refractivity contribution in [2.24, 2.45) is 0 Å². The van der Waals surface area contributed by atoms with Crippen molar-refractivity contribution in [1.82, 2.24) is 0 Å². The Hall–Kier alpha value is -5.23. The van der Waals surface area contributed by atoms with E-state index < -0.39 is 6.10 Å². The van der Waals surface area contributed by atoms with Gasteiger partial charge in [0, 0.05) is 19.3 Å². The van der Waals surface area contributed by atoms with Gasteiger partial charge in [-0.15, -0.1) is 0 Å². The highest BCUT2D eigenvalue weighted by Gasteiger charge is 2.19. The topological polar surface area (TPSA) is 78.9 Å². The third-order valence-corrected chi connectivity index (χ3v) is 13.7. The average Bonchev–Trinajstić information content (AvgIpc) is 3.49. The first-order valence-corrected chi connectivity index (χ1v) is 33.6. The molecular formula is C77H122O6. The molecule has 0 fully saturated rings. The van der Waals surface area contributed by atoms with Gasteiger partial charge >= 0.3 is 17.9 Å². The molecule has 6 heteroatoms. The maximum Gasteiger partial charge on any atom is 0.306 e. The van der Waals surface area contributed by atoms with E-state index in [2.05, 4.69) is 191 Å². The maximum absolute atomic E-state index is 13.0. The second-order valence-corrected chi connectivity index (χ2v) is 21.6. The third kappa shape index (κ3) is 67.4. The van der Waals surface area contributed by atoms with Crippen molar-refractivity contribution in [3.63, 3.8) is 0 Å². The number of hydrogen-bond donors (Lipinski definition) is 0. The van der Waals surface area contributed by atoms with Gasteiger partial charge < -0.3 is 14.2 Å². The summed E-state index contributed by atoms with van der Waals surface area (Å²) in [6.45, 7) is 6.27. The molecule has 0 bridgehead atoms. The number of unbranched alkanes of at least 4 members (excludes halogenated alkanes) is 20. The quantitative estimate of drug-likeness (QED) is 0.0261. The van der Waals surface area contributed by atoms with E-state index in [1.54, 1.807) is 0 Å². The molecule has 83 heavy (non-hydrogen) atoms. The molecule has 0 saturated carbocycles. The fraction of sp³-hybridized carbons (Fsp3) is 0.597. The lowest BCUT2D eigenvalue weighted by atomic mass is 10.1. The number of carbonyl (C=O) groups excluding carboxylic acids is 3. The van der Waals surface area contributed by atoms with Crippen LogP contribution in [-0.2, 0) is 28.6 Å². The van der Waals surface area contributed by atoms with Crippen molar-refractivity contribution in [3.8, 4) is 0 Å². The minimum absolute atomic E-state index is 0.102. The SMILES string of the molecule is CC/C=C\C/C=C\C/C=C\C/C=C\C/C=C\C/C=C\CCCCCCC(=O)OCC(COC(=O)CCCCCCCCCC/C=C\C/C=C\C/C=C\C/C=C\CC)OC(=O)CCCCCCCCCC/C=C\C/C=C\C/C=C\C/C=C\CC. The van der Waals surface area contributed by atoms with E-state index in [4.69, 9.17) is 14.2 Å². The molecule has 0 aromatic carbocycles. The van der Waals surface area contributed by atoms with Crippen LogP contribution in [0.3, 0.4) is 0 Å². The number of hydrogen-bond acceptors (Lipinski definition) is 6. The predicted molar refractivity (Wildman–Crippen MR) is 361 cm³/mol. The Kier molecular flexibility index (Phi) is 64.9. The smallest absolute Gasteiger partial charge is 0.306 e. The van der Waals surface area contributed by atoms with Crippen LogP contribution in [0.25, 0.3) is 0 Å². The van der Waals surface area contributed by atoms with Gasteiger partial charge in [0.15, 0.2) is 6.10 Å². The second-order valence-electron chi connectivity index (χ2n) is 21.6. The minimum atomic E-state index is -0.809. The highest BCUT2D eigenvalue weighted by Crippen LogP contribution is 2.15. The number of esters is 3. The molecule has 1 atom stereocenters. The van der Waals surface area contributed by atoms with Gasteiger partial charge in [0.05, 0.1) is 0 Å². The number of allylic oxidation sites excluding steroid dienone is 28. The Morgan fingerprint density at radius 1 is 0.241 bits per heavy atom. The van der Waals surface area contributed by atoms with Crippen molar-refractivity contribution in [2.75, 3.05) is 13.2 Å². The van der Waals surface area contributed by atoms with Crippen molar-refractivity contribution in [1.29, 1.82) is 0 Å². The second kappa shape index (κ2) is 69.3. The van der Waals surface area contributed by atoms with Crippen molar-refractivity contribution >= 4 is 17.9 Å². The van der Waals surface area contributed by atoms with Crippen LogP contribution in [0, 0.1) is 0 Å². The lowest BCUT2D eigenvalue weighted by Gasteiger charge is -2.18. The molecule has 0 saturated heterocycles. The van der Waals surface area contributed by atoms with E-state index in [1.165, 1.54) is 64.2 Å². The van der Waals surface area contributed by atoms with E-state index in [0.717, 1.165) is 173 Å². The van der Waals surface area contributed by atoms with Crippen LogP contribution in [-0.4, -0.2) is 37.2 Å². The zero-order chi connectivity index (χ0) is 59.9. The highest BCUT2D eigenvalue weighted by atomic mass is 16.6. The number of rotatable bonds is 59. The Morgan fingerprint density at radius 2 is 0.434 bits per heavy atom. The van der Waals surface area contributed by atoms with Gasteiger partial charge in [-0.25, -0.2) is 0 Å². The highest BCUT2D eigenvalue weighted by molar-refractivity contribution is 5.71. The van der Waals surface area contributed by atoms with Crippen molar-refractivity contribution in [2.45, 2.75) is 284 Å².